The molecule has 0 atom stereocenters. The van der Waals surface area contributed by atoms with Gasteiger partial charge in [-0.15, -0.1) is 0 Å². The van der Waals surface area contributed by atoms with Gasteiger partial charge in [0.2, 0.25) is 5.95 Å². The predicted molar refractivity (Wildman–Crippen MR) is 252 cm³/mol. The summed E-state index contributed by atoms with van der Waals surface area (Å²) in [5.41, 5.74) is 12.2. The number of fused-ring (bicyclic) bond motifs is 14. The van der Waals surface area contributed by atoms with Crippen molar-refractivity contribution in [1.29, 1.82) is 0 Å². The first kappa shape index (κ1) is 33.2. The summed E-state index contributed by atoms with van der Waals surface area (Å²) in [6, 6.07) is 64.7. The molecular formula is C54H32N8. The first-order valence-corrected chi connectivity index (χ1v) is 20.8. The summed E-state index contributed by atoms with van der Waals surface area (Å²) in [6.07, 6.45) is 3.66. The Balaban J connectivity index is 0.973. The molecule has 0 amide bonds. The summed E-state index contributed by atoms with van der Waals surface area (Å²) < 4.78 is 9.14. The van der Waals surface area contributed by atoms with Crippen LogP contribution in [0.2, 0.25) is 0 Å². The molecule has 0 bridgehead atoms. The highest BCUT2D eigenvalue weighted by atomic mass is 15.2. The zero-order chi connectivity index (χ0) is 40.5. The molecule has 0 saturated carbocycles. The van der Waals surface area contributed by atoms with Gasteiger partial charge in [0.05, 0.1) is 56.5 Å². The molecule has 8 aromatic carbocycles. The lowest BCUT2D eigenvalue weighted by Gasteiger charge is -2.10. The quantitative estimate of drug-likeness (QED) is 0.178. The van der Waals surface area contributed by atoms with E-state index in [4.69, 9.17) is 19.9 Å². The van der Waals surface area contributed by atoms with Crippen LogP contribution >= 0.6 is 0 Å². The summed E-state index contributed by atoms with van der Waals surface area (Å²) in [7, 11) is 0. The third-order valence-corrected chi connectivity index (χ3v) is 12.7. The van der Waals surface area contributed by atoms with E-state index < -0.39 is 0 Å². The molecule has 0 saturated heterocycles. The van der Waals surface area contributed by atoms with Crippen molar-refractivity contribution in [3.63, 3.8) is 0 Å². The van der Waals surface area contributed by atoms with Gasteiger partial charge in [0, 0.05) is 54.5 Å². The first-order valence-electron chi connectivity index (χ1n) is 20.8. The molecule has 6 heterocycles. The van der Waals surface area contributed by atoms with Crippen LogP contribution in [0.5, 0.6) is 0 Å². The van der Waals surface area contributed by atoms with E-state index in [0.717, 1.165) is 71.5 Å². The van der Waals surface area contributed by atoms with Crippen LogP contribution in [0.4, 0.5) is 0 Å². The molecule has 0 aliphatic carbocycles. The monoisotopic (exact) mass is 792 g/mol. The molecule has 0 aliphatic heterocycles. The highest BCUT2D eigenvalue weighted by Crippen LogP contribution is 2.42. The van der Waals surface area contributed by atoms with Crippen LogP contribution in [0.15, 0.2) is 194 Å². The largest absolute Gasteiger partial charge is 0.309 e. The average molecular weight is 793 g/mol. The fourth-order valence-corrected chi connectivity index (χ4v) is 10.1. The Morgan fingerprint density at radius 1 is 0.323 bits per heavy atom. The second-order valence-corrected chi connectivity index (χ2v) is 15.9. The third-order valence-electron chi connectivity index (χ3n) is 12.7. The average Bonchev–Trinajstić information content (AvgIpc) is 4.06. The molecule has 288 valence electrons. The Bertz CT molecular complexity index is 4150. The van der Waals surface area contributed by atoms with Gasteiger partial charge in [-0.05, 0) is 66.7 Å². The van der Waals surface area contributed by atoms with Gasteiger partial charge in [-0.25, -0.2) is 15.0 Å². The third kappa shape index (κ3) is 4.49. The molecule has 6 aromatic heterocycles. The summed E-state index contributed by atoms with van der Waals surface area (Å²) in [6.45, 7) is 0. The standard InChI is InChI=1S/C54H32N8/c1-3-15-33(16-4-1)59-43-23-11-8-20-36(43)40-30-49-41(29-48(40)59)37-21-9-13-25-45(37)61(49)50-32-55-53-42(57-50)31-56-54(58-53)62-46-26-14-10-22-39(46)51-47(62)28-27-38-35-19-7-12-24-44(35)60(52(38)51)34-17-5-2-6-18-34/h1-32H. The van der Waals surface area contributed by atoms with Crippen molar-refractivity contribution in [2.75, 3.05) is 0 Å². The second-order valence-electron chi connectivity index (χ2n) is 15.9. The smallest absolute Gasteiger partial charge is 0.236 e. The molecule has 14 rings (SSSR count). The SMILES string of the molecule is c1ccc(-n2c3ccccc3c3cc4c(cc32)c2ccccc2n4-c2cnc3nc(-n4c5ccccc5c5c4ccc4c6ccccc6n(-c6ccccc6)c45)ncc3n2)cc1. The van der Waals surface area contributed by atoms with E-state index in [0.29, 0.717) is 22.9 Å². The van der Waals surface area contributed by atoms with E-state index >= 15 is 0 Å². The van der Waals surface area contributed by atoms with Crippen LogP contribution in [-0.4, -0.2) is 38.2 Å². The van der Waals surface area contributed by atoms with Crippen LogP contribution < -0.4 is 0 Å². The maximum atomic E-state index is 5.23. The van der Waals surface area contributed by atoms with Gasteiger partial charge >= 0.3 is 0 Å². The number of hydrogen-bond acceptors (Lipinski definition) is 4. The zero-order valence-corrected chi connectivity index (χ0v) is 33.1. The minimum absolute atomic E-state index is 0.526. The van der Waals surface area contributed by atoms with Crippen molar-refractivity contribution in [3.05, 3.63) is 194 Å². The van der Waals surface area contributed by atoms with Gasteiger partial charge in [-0.3, -0.25) is 9.13 Å². The van der Waals surface area contributed by atoms with Gasteiger partial charge in [-0.1, -0.05) is 115 Å². The van der Waals surface area contributed by atoms with Gasteiger partial charge < -0.3 is 9.13 Å². The van der Waals surface area contributed by atoms with E-state index in [-0.39, 0.29) is 0 Å². The summed E-state index contributed by atoms with van der Waals surface area (Å²) in [4.78, 5) is 20.4. The van der Waals surface area contributed by atoms with Crippen molar-refractivity contribution in [3.8, 4) is 23.1 Å². The van der Waals surface area contributed by atoms with Gasteiger partial charge in [-0.2, -0.15) is 4.98 Å². The second kappa shape index (κ2) is 12.5. The molecule has 62 heavy (non-hydrogen) atoms. The number of hydrogen-bond donors (Lipinski definition) is 0. The predicted octanol–water partition coefficient (Wildman–Crippen LogP) is 12.8. The minimum Gasteiger partial charge on any atom is -0.309 e. The van der Waals surface area contributed by atoms with Gasteiger partial charge in [0.1, 0.15) is 5.52 Å². The molecule has 8 nitrogen and oxygen atoms in total. The van der Waals surface area contributed by atoms with E-state index in [1.807, 2.05) is 12.4 Å². The maximum absolute atomic E-state index is 5.23. The lowest BCUT2D eigenvalue weighted by Crippen LogP contribution is -2.04. The Hall–Kier alpha value is -8.62. The fourth-order valence-electron chi connectivity index (χ4n) is 10.1. The number of nitrogens with zero attached hydrogens (tertiary/aromatic N) is 8. The van der Waals surface area contributed by atoms with Gasteiger partial charge in [0.25, 0.3) is 0 Å². The van der Waals surface area contributed by atoms with E-state index in [1.165, 1.54) is 27.1 Å². The first-order chi connectivity index (χ1) is 30.8. The molecule has 0 spiro atoms. The summed E-state index contributed by atoms with van der Waals surface area (Å²) in [5.74, 6) is 1.25. The number of benzene rings is 8. The Labute approximate surface area is 352 Å². The summed E-state index contributed by atoms with van der Waals surface area (Å²) >= 11 is 0. The van der Waals surface area contributed by atoms with Crippen LogP contribution in [0, 0.1) is 0 Å². The zero-order valence-electron chi connectivity index (χ0n) is 33.1. The highest BCUT2D eigenvalue weighted by molar-refractivity contribution is 6.26. The fraction of sp³-hybridized carbons (Fsp3) is 0. The molecule has 14 aromatic rings. The topological polar surface area (TPSA) is 71.3 Å². The minimum atomic E-state index is 0.526. The van der Waals surface area contributed by atoms with Crippen molar-refractivity contribution in [1.82, 2.24) is 38.2 Å². The van der Waals surface area contributed by atoms with Crippen LogP contribution in [0.25, 0.3) is 122 Å². The number of rotatable bonds is 4. The van der Waals surface area contributed by atoms with E-state index in [2.05, 4.69) is 200 Å². The lowest BCUT2D eigenvalue weighted by atomic mass is 10.1. The van der Waals surface area contributed by atoms with Crippen molar-refractivity contribution < 1.29 is 0 Å². The van der Waals surface area contributed by atoms with Crippen molar-refractivity contribution >= 4 is 98.4 Å². The Morgan fingerprint density at radius 3 is 1.50 bits per heavy atom. The van der Waals surface area contributed by atoms with Crippen molar-refractivity contribution in [2.45, 2.75) is 0 Å². The molecule has 0 N–H and O–H groups in total. The summed E-state index contributed by atoms with van der Waals surface area (Å²) in [5, 5.41) is 9.36. The van der Waals surface area contributed by atoms with E-state index in [1.54, 1.807) is 0 Å². The highest BCUT2D eigenvalue weighted by Gasteiger charge is 2.23. The molecule has 0 fully saturated rings. The molecule has 0 radical (unpaired) electrons. The maximum Gasteiger partial charge on any atom is 0.236 e. The number of para-hydroxylation sites is 6. The van der Waals surface area contributed by atoms with Crippen LogP contribution in [0.1, 0.15) is 0 Å². The van der Waals surface area contributed by atoms with Crippen molar-refractivity contribution in [2.24, 2.45) is 0 Å². The van der Waals surface area contributed by atoms with Crippen LogP contribution in [0.3, 0.4) is 0 Å². The van der Waals surface area contributed by atoms with Crippen LogP contribution in [-0.2, 0) is 0 Å². The molecule has 8 heteroatoms. The Morgan fingerprint density at radius 2 is 0.839 bits per heavy atom. The molecular weight excluding hydrogens is 761 g/mol. The van der Waals surface area contributed by atoms with E-state index in [9.17, 15) is 0 Å². The lowest BCUT2D eigenvalue weighted by molar-refractivity contribution is 0.985. The van der Waals surface area contributed by atoms with Gasteiger partial charge in [0.15, 0.2) is 11.5 Å². The number of aromatic nitrogens is 8. The molecule has 0 unspecified atom stereocenters. The normalized spacial score (nSPS) is 12.2. The molecule has 0 aliphatic rings. The Kier molecular flexibility index (Phi) is 6.68.